The average molecular weight is 469 g/mol. The highest BCUT2D eigenvalue weighted by Gasteiger charge is 2.55. The normalized spacial score (nSPS) is 25.8. The predicted molar refractivity (Wildman–Crippen MR) is 109 cm³/mol. The van der Waals surface area contributed by atoms with Crippen molar-refractivity contribution in [1.29, 1.82) is 0 Å². The van der Waals surface area contributed by atoms with E-state index in [2.05, 4.69) is 31.3 Å². The van der Waals surface area contributed by atoms with Gasteiger partial charge in [-0.15, -0.1) is 6.42 Å². The number of carbonyl (C=O) groups excluding carboxylic acids is 3. The molecule has 2 amide bonds. The average Bonchev–Trinajstić information content (AvgIpc) is 3.24. The number of hydrogen-bond acceptors (Lipinski definition) is 10. The van der Waals surface area contributed by atoms with E-state index in [1.165, 1.54) is 0 Å². The first-order chi connectivity index (χ1) is 15.7. The maximum Gasteiger partial charge on any atom is 0.330 e. The number of esters is 1. The molecule has 0 aromatic rings. The second kappa shape index (κ2) is 12.4. The highest BCUT2D eigenvalue weighted by atomic mass is 16.8. The summed E-state index contributed by atoms with van der Waals surface area (Å²) in [7, 11) is 1.16. The number of ether oxygens (including phenoxy) is 6. The number of nitrogens with one attached hydrogen (secondary N) is 2. The number of methoxy groups -OCH3 is 1. The fourth-order valence-corrected chi connectivity index (χ4v) is 3.21. The lowest BCUT2D eigenvalue weighted by Crippen LogP contribution is -2.49. The van der Waals surface area contributed by atoms with Crippen molar-refractivity contribution < 1.29 is 42.8 Å². The van der Waals surface area contributed by atoms with E-state index in [9.17, 15) is 14.4 Å². The minimum absolute atomic E-state index is 0.0397. The zero-order chi connectivity index (χ0) is 24.4. The molecule has 0 spiro atoms. The van der Waals surface area contributed by atoms with Crippen LogP contribution in [0.3, 0.4) is 0 Å². The lowest BCUT2D eigenvalue weighted by Gasteiger charge is -2.25. The van der Waals surface area contributed by atoms with E-state index in [1.807, 2.05) is 0 Å². The van der Waals surface area contributed by atoms with E-state index in [1.54, 1.807) is 13.8 Å². The molecule has 2 aliphatic rings. The van der Waals surface area contributed by atoms with Gasteiger partial charge < -0.3 is 39.1 Å². The van der Waals surface area contributed by atoms with Crippen LogP contribution in [0.15, 0.2) is 5.11 Å². The number of amides is 2. The third-order valence-corrected chi connectivity index (χ3v) is 4.56. The number of rotatable bonds is 12. The predicted octanol–water partition coefficient (Wildman–Crippen LogP) is -1.02. The first-order valence-electron chi connectivity index (χ1n) is 9.99. The van der Waals surface area contributed by atoms with Crippen LogP contribution >= 0.6 is 0 Å². The van der Waals surface area contributed by atoms with Crippen LogP contribution in [0.4, 0.5) is 0 Å². The summed E-state index contributed by atoms with van der Waals surface area (Å²) in [6.45, 7) is 2.30. The standard InChI is InChI=1S/C19H27N5O9/c1-5-6-29-9-11(17(27)28-4)23-13(25)8-21-14(26)10-30-15-12(7-22-24-20)31-18-16(15)32-19(2,3)33-18/h1,11-12,15-16,18H,6-10H2,2-4H3,(H,21,26)(H,23,25)/t11-,12+,15-,16+,18+/m0/s1. The Morgan fingerprint density at radius 1 is 1.30 bits per heavy atom. The Balaban J connectivity index is 1.82. The monoisotopic (exact) mass is 469 g/mol. The molecular weight excluding hydrogens is 442 g/mol. The van der Waals surface area contributed by atoms with Crippen molar-refractivity contribution in [2.45, 2.75) is 50.3 Å². The molecule has 33 heavy (non-hydrogen) atoms. The van der Waals surface area contributed by atoms with Gasteiger partial charge in [-0.2, -0.15) is 0 Å². The van der Waals surface area contributed by atoms with Gasteiger partial charge in [-0.25, -0.2) is 4.79 Å². The quantitative estimate of drug-likeness (QED) is 0.0903. The van der Waals surface area contributed by atoms with Crippen molar-refractivity contribution in [2.24, 2.45) is 5.11 Å². The van der Waals surface area contributed by atoms with Gasteiger partial charge in [0.25, 0.3) is 0 Å². The number of azide groups is 1. The van der Waals surface area contributed by atoms with Crippen molar-refractivity contribution in [1.82, 2.24) is 10.6 Å². The Morgan fingerprint density at radius 2 is 2.06 bits per heavy atom. The molecule has 2 aliphatic heterocycles. The molecule has 0 aromatic heterocycles. The molecule has 0 radical (unpaired) electrons. The summed E-state index contributed by atoms with van der Waals surface area (Å²) in [4.78, 5) is 38.7. The fourth-order valence-electron chi connectivity index (χ4n) is 3.21. The van der Waals surface area contributed by atoms with Gasteiger partial charge in [0.2, 0.25) is 11.8 Å². The molecule has 2 saturated heterocycles. The molecule has 0 aliphatic carbocycles. The van der Waals surface area contributed by atoms with Crippen LogP contribution in [0.25, 0.3) is 10.4 Å². The second-order valence-electron chi connectivity index (χ2n) is 7.47. The lowest BCUT2D eigenvalue weighted by atomic mass is 10.1. The van der Waals surface area contributed by atoms with Crippen LogP contribution in [-0.2, 0) is 42.8 Å². The fraction of sp³-hybridized carbons (Fsp3) is 0.737. The van der Waals surface area contributed by atoms with E-state index in [-0.39, 0.29) is 19.8 Å². The molecule has 2 N–H and O–H groups in total. The Labute approximate surface area is 190 Å². The van der Waals surface area contributed by atoms with Crippen molar-refractivity contribution in [3.8, 4) is 12.3 Å². The maximum absolute atomic E-state index is 12.2. The van der Waals surface area contributed by atoms with E-state index in [0.29, 0.717) is 0 Å². The van der Waals surface area contributed by atoms with Gasteiger partial charge in [-0.05, 0) is 19.4 Å². The minimum Gasteiger partial charge on any atom is -0.467 e. The second-order valence-corrected chi connectivity index (χ2v) is 7.47. The summed E-state index contributed by atoms with van der Waals surface area (Å²) in [6.07, 6.45) is 2.30. The van der Waals surface area contributed by atoms with E-state index < -0.39 is 67.4 Å². The number of terminal acetylenes is 1. The molecular formula is C19H27N5O9. The summed E-state index contributed by atoms with van der Waals surface area (Å²) < 4.78 is 32.4. The van der Waals surface area contributed by atoms with Crippen LogP contribution in [-0.4, -0.2) is 94.2 Å². The van der Waals surface area contributed by atoms with Crippen LogP contribution < -0.4 is 10.6 Å². The molecule has 0 aromatic carbocycles. The van der Waals surface area contributed by atoms with Crippen LogP contribution in [0.1, 0.15) is 13.8 Å². The highest BCUT2D eigenvalue weighted by Crippen LogP contribution is 2.38. The largest absolute Gasteiger partial charge is 0.467 e. The topological polar surface area (TPSA) is 179 Å². The molecule has 2 fully saturated rings. The third kappa shape index (κ3) is 7.86. The third-order valence-electron chi connectivity index (χ3n) is 4.56. The SMILES string of the molecule is C#CCOC[C@H](NC(=O)CNC(=O)CO[C@@H]1[C@H]2OC(C)(C)O[C@H]2O[C@@H]1CN=[N+]=[N-])C(=O)OC. The summed E-state index contributed by atoms with van der Waals surface area (Å²) in [5.74, 6) is -0.644. The van der Waals surface area contributed by atoms with Gasteiger partial charge in [0, 0.05) is 4.91 Å². The smallest absolute Gasteiger partial charge is 0.330 e. The van der Waals surface area contributed by atoms with Crippen LogP contribution in [0.2, 0.25) is 0 Å². The van der Waals surface area contributed by atoms with Gasteiger partial charge >= 0.3 is 5.97 Å². The lowest BCUT2D eigenvalue weighted by molar-refractivity contribution is -0.216. The Kier molecular flexibility index (Phi) is 9.86. The minimum atomic E-state index is -1.08. The number of nitrogens with zero attached hydrogens (tertiary/aromatic N) is 3. The summed E-state index contributed by atoms with van der Waals surface area (Å²) >= 11 is 0. The molecule has 5 atom stereocenters. The molecule has 14 nitrogen and oxygen atoms in total. The molecule has 0 saturated carbocycles. The van der Waals surface area contributed by atoms with Crippen molar-refractivity contribution in [2.75, 3.05) is 40.0 Å². The van der Waals surface area contributed by atoms with E-state index >= 15 is 0 Å². The zero-order valence-electron chi connectivity index (χ0n) is 18.5. The number of carbonyl (C=O) groups is 3. The molecule has 14 heteroatoms. The van der Waals surface area contributed by atoms with Crippen molar-refractivity contribution in [3.05, 3.63) is 10.4 Å². The Morgan fingerprint density at radius 3 is 2.73 bits per heavy atom. The molecule has 2 heterocycles. The molecule has 2 rings (SSSR count). The highest BCUT2D eigenvalue weighted by molar-refractivity contribution is 5.88. The molecule has 0 unspecified atom stereocenters. The van der Waals surface area contributed by atoms with Gasteiger partial charge in [-0.3, -0.25) is 9.59 Å². The first kappa shape index (κ1) is 26.3. The van der Waals surface area contributed by atoms with Gasteiger partial charge in [0.1, 0.15) is 25.4 Å². The van der Waals surface area contributed by atoms with E-state index in [0.717, 1.165) is 7.11 Å². The Hall–Kier alpha value is -2.92. The van der Waals surface area contributed by atoms with E-state index in [4.69, 9.17) is 35.6 Å². The number of fused-ring (bicyclic) bond motifs is 1. The number of hydrogen-bond donors (Lipinski definition) is 2. The Bertz CT molecular complexity index is 808. The van der Waals surface area contributed by atoms with Gasteiger partial charge in [0.15, 0.2) is 18.1 Å². The van der Waals surface area contributed by atoms with Gasteiger partial charge in [0.05, 0.1) is 32.9 Å². The van der Waals surface area contributed by atoms with Crippen LogP contribution in [0.5, 0.6) is 0 Å². The van der Waals surface area contributed by atoms with Gasteiger partial charge in [-0.1, -0.05) is 11.0 Å². The molecule has 0 bridgehead atoms. The van der Waals surface area contributed by atoms with Crippen LogP contribution in [0, 0.1) is 12.3 Å². The first-order valence-corrected chi connectivity index (χ1v) is 9.99. The zero-order valence-corrected chi connectivity index (χ0v) is 18.5. The van der Waals surface area contributed by atoms with Crippen molar-refractivity contribution >= 4 is 17.8 Å². The summed E-state index contributed by atoms with van der Waals surface area (Å²) in [5, 5.41) is 8.24. The van der Waals surface area contributed by atoms with Crippen molar-refractivity contribution in [3.63, 3.8) is 0 Å². The summed E-state index contributed by atoms with van der Waals surface area (Å²) in [5.41, 5.74) is 8.56. The molecule has 182 valence electrons. The maximum atomic E-state index is 12.2. The summed E-state index contributed by atoms with van der Waals surface area (Å²) in [6, 6.07) is -1.08.